The van der Waals surface area contributed by atoms with E-state index in [1.807, 2.05) is 36.4 Å². The second-order valence-corrected chi connectivity index (χ2v) is 7.21. The van der Waals surface area contributed by atoms with Crippen LogP contribution in [0.4, 0.5) is 10.1 Å². The third-order valence-corrected chi connectivity index (χ3v) is 5.46. The Labute approximate surface area is 166 Å². The van der Waals surface area contributed by atoms with Crippen molar-refractivity contribution in [1.82, 2.24) is 9.97 Å². The maximum Gasteiger partial charge on any atom is 0.161 e. The molecule has 0 N–H and O–H groups in total. The molecule has 0 saturated carbocycles. The fourth-order valence-electron chi connectivity index (χ4n) is 4.06. The van der Waals surface area contributed by atoms with Gasteiger partial charge in [-0.3, -0.25) is 0 Å². The van der Waals surface area contributed by atoms with Crippen molar-refractivity contribution < 1.29 is 9.13 Å². The fourth-order valence-corrected chi connectivity index (χ4v) is 4.06. The zero-order valence-electron chi connectivity index (χ0n) is 15.5. The van der Waals surface area contributed by atoms with Crippen LogP contribution in [-0.4, -0.2) is 16.7 Å². The molecule has 0 radical (unpaired) electrons. The van der Waals surface area contributed by atoms with Crippen molar-refractivity contribution >= 4 is 38.5 Å². The number of hydrogen-bond donors (Lipinski definition) is 0. The summed E-state index contributed by atoms with van der Waals surface area (Å²) >= 11 is 0. The highest BCUT2D eigenvalue weighted by atomic mass is 19.1. The summed E-state index contributed by atoms with van der Waals surface area (Å²) in [5.41, 5.74) is 5.38. The van der Waals surface area contributed by atoms with E-state index in [-0.39, 0.29) is 5.82 Å². The third-order valence-electron chi connectivity index (χ3n) is 5.46. The normalized spacial score (nSPS) is 13.6. The summed E-state index contributed by atoms with van der Waals surface area (Å²) in [5, 5.41) is 2.08. The van der Waals surface area contributed by atoms with Gasteiger partial charge < -0.3 is 9.64 Å². The number of fused-ring (bicyclic) bond motifs is 7. The number of hydrogen-bond acceptors (Lipinski definition) is 4. The third kappa shape index (κ3) is 2.51. The van der Waals surface area contributed by atoms with E-state index in [0.717, 1.165) is 49.8 Å². The molecule has 6 rings (SSSR count). The SMILES string of the molecule is Fc1ccc(N2COc3c(c4nc5ccccc5nc4c4ccccc34)C2)cc1. The Morgan fingerprint density at radius 2 is 1.41 bits per heavy atom. The molecule has 0 unspecified atom stereocenters. The second kappa shape index (κ2) is 6.14. The lowest BCUT2D eigenvalue weighted by Gasteiger charge is -2.32. The molecule has 29 heavy (non-hydrogen) atoms. The van der Waals surface area contributed by atoms with Gasteiger partial charge in [-0.05, 0) is 36.4 Å². The van der Waals surface area contributed by atoms with Crippen molar-refractivity contribution in [2.24, 2.45) is 0 Å². The number of rotatable bonds is 1. The molecule has 0 bridgehead atoms. The van der Waals surface area contributed by atoms with Gasteiger partial charge >= 0.3 is 0 Å². The minimum atomic E-state index is -0.249. The van der Waals surface area contributed by atoms with Gasteiger partial charge in [0.2, 0.25) is 0 Å². The van der Waals surface area contributed by atoms with Gasteiger partial charge in [-0.15, -0.1) is 0 Å². The van der Waals surface area contributed by atoms with Gasteiger partial charge in [0, 0.05) is 22.0 Å². The fraction of sp³-hybridized carbons (Fsp3) is 0.0833. The van der Waals surface area contributed by atoms with Crippen molar-refractivity contribution in [2.45, 2.75) is 6.54 Å². The molecule has 0 spiro atoms. The number of halogens is 1. The van der Waals surface area contributed by atoms with Crippen LogP contribution in [0.25, 0.3) is 32.8 Å². The smallest absolute Gasteiger partial charge is 0.161 e. The molecular formula is C24H16FN3O. The highest BCUT2D eigenvalue weighted by Crippen LogP contribution is 2.40. The minimum absolute atomic E-state index is 0.249. The van der Waals surface area contributed by atoms with Crippen LogP contribution in [0.3, 0.4) is 0 Å². The molecule has 0 amide bonds. The van der Waals surface area contributed by atoms with E-state index in [0.29, 0.717) is 13.3 Å². The summed E-state index contributed by atoms with van der Waals surface area (Å²) in [5.74, 6) is 0.608. The van der Waals surface area contributed by atoms with Crippen molar-refractivity contribution in [3.05, 3.63) is 84.2 Å². The molecule has 1 aliphatic rings. The van der Waals surface area contributed by atoms with Gasteiger partial charge in [-0.25, -0.2) is 14.4 Å². The monoisotopic (exact) mass is 381 g/mol. The standard InChI is InChI=1S/C24H16FN3O/c25-15-9-11-16(12-10-15)28-13-19-23-22(26-20-7-3-4-8-21(20)27-23)17-5-1-2-6-18(17)24(19)29-14-28/h1-12H,13-14H2. The number of aromatic nitrogens is 2. The van der Waals surface area contributed by atoms with Crippen LogP contribution in [0, 0.1) is 5.82 Å². The average molecular weight is 381 g/mol. The number of nitrogens with zero attached hydrogens (tertiary/aromatic N) is 3. The van der Waals surface area contributed by atoms with Crippen molar-refractivity contribution in [3.8, 4) is 5.75 Å². The van der Waals surface area contributed by atoms with E-state index in [4.69, 9.17) is 14.7 Å². The molecule has 0 atom stereocenters. The van der Waals surface area contributed by atoms with E-state index >= 15 is 0 Å². The van der Waals surface area contributed by atoms with Gasteiger partial charge in [-0.2, -0.15) is 0 Å². The summed E-state index contributed by atoms with van der Waals surface area (Å²) in [7, 11) is 0. The minimum Gasteiger partial charge on any atom is -0.472 e. The summed E-state index contributed by atoms with van der Waals surface area (Å²) in [6, 6.07) is 22.5. The summed E-state index contributed by atoms with van der Waals surface area (Å²) in [4.78, 5) is 12.0. The van der Waals surface area contributed by atoms with Crippen LogP contribution < -0.4 is 9.64 Å². The Bertz CT molecular complexity index is 1400. The Kier molecular flexibility index (Phi) is 3.44. The van der Waals surface area contributed by atoms with Gasteiger partial charge in [0.25, 0.3) is 0 Å². The topological polar surface area (TPSA) is 38.2 Å². The van der Waals surface area contributed by atoms with Crippen LogP contribution >= 0.6 is 0 Å². The van der Waals surface area contributed by atoms with Crippen LogP contribution in [0.2, 0.25) is 0 Å². The quantitative estimate of drug-likeness (QED) is 0.287. The largest absolute Gasteiger partial charge is 0.472 e. The Morgan fingerprint density at radius 1 is 0.759 bits per heavy atom. The Balaban J connectivity index is 1.63. The molecule has 5 heteroatoms. The first-order chi connectivity index (χ1) is 14.3. The molecule has 1 aromatic heterocycles. The van der Waals surface area contributed by atoms with Gasteiger partial charge in [0.1, 0.15) is 11.6 Å². The molecule has 4 aromatic carbocycles. The first kappa shape index (κ1) is 16.2. The number of ether oxygens (including phenoxy) is 1. The molecular weight excluding hydrogens is 365 g/mol. The van der Waals surface area contributed by atoms with Crippen LogP contribution in [0.5, 0.6) is 5.75 Å². The van der Waals surface area contributed by atoms with Crippen LogP contribution in [-0.2, 0) is 6.54 Å². The van der Waals surface area contributed by atoms with E-state index in [2.05, 4.69) is 17.0 Å². The van der Waals surface area contributed by atoms with E-state index < -0.39 is 0 Å². The lowest BCUT2D eigenvalue weighted by atomic mass is 10.0. The first-order valence-electron chi connectivity index (χ1n) is 9.51. The highest BCUT2D eigenvalue weighted by molar-refractivity contribution is 6.10. The van der Waals surface area contributed by atoms with Gasteiger partial charge in [0.05, 0.1) is 28.6 Å². The summed E-state index contributed by atoms with van der Waals surface area (Å²) in [6.45, 7) is 1.02. The van der Waals surface area contributed by atoms with E-state index in [9.17, 15) is 4.39 Å². The number of anilines is 1. The maximum absolute atomic E-state index is 13.4. The second-order valence-electron chi connectivity index (χ2n) is 7.21. The lowest BCUT2D eigenvalue weighted by molar-refractivity contribution is 0.294. The molecule has 140 valence electrons. The van der Waals surface area contributed by atoms with Crippen molar-refractivity contribution in [2.75, 3.05) is 11.6 Å². The highest BCUT2D eigenvalue weighted by Gasteiger charge is 2.25. The molecule has 5 aromatic rings. The molecule has 1 aliphatic heterocycles. The zero-order chi connectivity index (χ0) is 19.4. The zero-order valence-corrected chi connectivity index (χ0v) is 15.5. The predicted octanol–water partition coefficient (Wildman–Crippen LogP) is 5.43. The number of para-hydroxylation sites is 2. The Hall–Kier alpha value is -3.73. The first-order valence-corrected chi connectivity index (χ1v) is 9.51. The molecule has 4 nitrogen and oxygen atoms in total. The van der Waals surface area contributed by atoms with Crippen LogP contribution in [0.1, 0.15) is 5.56 Å². The molecule has 2 heterocycles. The van der Waals surface area contributed by atoms with Gasteiger partial charge in [0.15, 0.2) is 6.73 Å². The summed E-state index contributed by atoms with van der Waals surface area (Å²) < 4.78 is 19.6. The Morgan fingerprint density at radius 3 is 2.17 bits per heavy atom. The van der Waals surface area contributed by atoms with Gasteiger partial charge in [-0.1, -0.05) is 36.4 Å². The lowest BCUT2D eigenvalue weighted by Crippen LogP contribution is -2.32. The molecule has 0 fully saturated rings. The van der Waals surface area contributed by atoms with Crippen LogP contribution in [0.15, 0.2) is 72.8 Å². The molecule has 0 saturated heterocycles. The van der Waals surface area contributed by atoms with Crippen molar-refractivity contribution in [3.63, 3.8) is 0 Å². The van der Waals surface area contributed by atoms with Crippen molar-refractivity contribution in [1.29, 1.82) is 0 Å². The van der Waals surface area contributed by atoms with E-state index in [1.54, 1.807) is 12.1 Å². The van der Waals surface area contributed by atoms with E-state index in [1.165, 1.54) is 12.1 Å². The average Bonchev–Trinajstić information content (AvgIpc) is 2.78. The maximum atomic E-state index is 13.4. The summed E-state index contributed by atoms with van der Waals surface area (Å²) in [6.07, 6.45) is 0. The predicted molar refractivity (Wildman–Crippen MR) is 113 cm³/mol. The number of benzene rings is 4. The molecule has 0 aliphatic carbocycles.